The monoisotopic (exact) mass is 322 g/mol. The highest BCUT2D eigenvalue weighted by Gasteiger charge is 2.07. The van der Waals surface area contributed by atoms with Gasteiger partial charge in [0.25, 0.3) is 0 Å². The minimum Gasteiger partial charge on any atom is -0.294 e. The van der Waals surface area contributed by atoms with Crippen molar-refractivity contribution in [2.24, 2.45) is 0 Å². The molecule has 0 aromatic heterocycles. The van der Waals surface area contributed by atoms with E-state index < -0.39 is 0 Å². The first-order valence-corrected chi connectivity index (χ1v) is 7.93. The lowest BCUT2D eigenvalue weighted by Crippen LogP contribution is -1.99. The fraction of sp³-hybridized carbons (Fsp3) is 0.471. The largest absolute Gasteiger partial charge is 0.294 e. The highest BCUT2D eigenvalue weighted by Crippen LogP contribution is 2.17. The zero-order valence-corrected chi connectivity index (χ0v) is 13.5. The van der Waals surface area contributed by atoms with Crippen LogP contribution in [0.15, 0.2) is 40.4 Å². The van der Waals surface area contributed by atoms with Gasteiger partial charge in [-0.2, -0.15) is 0 Å². The van der Waals surface area contributed by atoms with Crippen LogP contribution in [-0.2, 0) is 0 Å². The summed E-state index contributed by atoms with van der Waals surface area (Å²) in [6, 6.07) is 7.63. The topological polar surface area (TPSA) is 17.1 Å². The van der Waals surface area contributed by atoms with E-state index in [4.69, 9.17) is 0 Å². The standard InChI is InChI=1S/C17H23BrO/c1-3-5-7-14(6-4-2)8-13-17(19)15-9-11-16(18)12-10-15/h7,9-12H,3-6,8,13H2,1-2H3/b14-7+. The third-order valence-electron chi connectivity index (χ3n) is 3.13. The molecule has 0 saturated heterocycles. The van der Waals surface area contributed by atoms with E-state index in [9.17, 15) is 4.79 Å². The van der Waals surface area contributed by atoms with Crippen LogP contribution in [0.25, 0.3) is 0 Å². The molecule has 1 nitrogen and oxygen atoms in total. The lowest BCUT2D eigenvalue weighted by atomic mass is 9.99. The fourth-order valence-electron chi connectivity index (χ4n) is 2.05. The first-order valence-electron chi connectivity index (χ1n) is 7.14. The van der Waals surface area contributed by atoms with Crippen LogP contribution in [0.2, 0.25) is 0 Å². The molecule has 0 aliphatic carbocycles. The Morgan fingerprint density at radius 1 is 1.05 bits per heavy atom. The van der Waals surface area contributed by atoms with Crippen molar-refractivity contribution in [2.45, 2.75) is 52.4 Å². The van der Waals surface area contributed by atoms with Crippen molar-refractivity contribution in [2.75, 3.05) is 0 Å². The van der Waals surface area contributed by atoms with Crippen molar-refractivity contribution in [3.8, 4) is 0 Å². The fourth-order valence-corrected chi connectivity index (χ4v) is 2.32. The number of halogens is 1. The highest BCUT2D eigenvalue weighted by molar-refractivity contribution is 9.10. The van der Waals surface area contributed by atoms with Crippen LogP contribution >= 0.6 is 15.9 Å². The quantitative estimate of drug-likeness (QED) is 0.427. The maximum atomic E-state index is 12.1. The lowest BCUT2D eigenvalue weighted by Gasteiger charge is -2.06. The van der Waals surface area contributed by atoms with Gasteiger partial charge in [0, 0.05) is 16.5 Å². The summed E-state index contributed by atoms with van der Waals surface area (Å²) in [5.41, 5.74) is 2.25. The van der Waals surface area contributed by atoms with Crippen LogP contribution in [0.4, 0.5) is 0 Å². The van der Waals surface area contributed by atoms with Gasteiger partial charge >= 0.3 is 0 Å². The molecule has 1 rings (SSSR count). The smallest absolute Gasteiger partial charge is 0.163 e. The van der Waals surface area contributed by atoms with Gasteiger partial charge in [0.05, 0.1) is 0 Å². The number of benzene rings is 1. The molecule has 1 aromatic rings. The van der Waals surface area contributed by atoms with Gasteiger partial charge in [-0.15, -0.1) is 0 Å². The van der Waals surface area contributed by atoms with Gasteiger partial charge < -0.3 is 0 Å². The number of allylic oxidation sites excluding steroid dienone is 2. The Labute approximate surface area is 125 Å². The first kappa shape index (κ1) is 16.2. The minimum atomic E-state index is 0.242. The van der Waals surface area contributed by atoms with Crippen molar-refractivity contribution in [1.29, 1.82) is 0 Å². The van der Waals surface area contributed by atoms with E-state index in [1.807, 2.05) is 24.3 Å². The second-order valence-electron chi connectivity index (χ2n) is 4.83. The summed E-state index contributed by atoms with van der Waals surface area (Å²) < 4.78 is 1.01. The molecule has 0 heterocycles. The molecule has 0 aliphatic heterocycles. The van der Waals surface area contributed by atoms with Crippen LogP contribution in [0, 0.1) is 0 Å². The summed E-state index contributed by atoms with van der Waals surface area (Å²) in [5.74, 6) is 0.242. The van der Waals surface area contributed by atoms with Gasteiger partial charge in [0.15, 0.2) is 5.78 Å². The summed E-state index contributed by atoms with van der Waals surface area (Å²) in [7, 11) is 0. The van der Waals surface area contributed by atoms with Gasteiger partial charge in [0.1, 0.15) is 0 Å². The predicted molar refractivity (Wildman–Crippen MR) is 85.6 cm³/mol. The van der Waals surface area contributed by atoms with Gasteiger partial charge in [-0.1, -0.05) is 66.4 Å². The normalized spacial score (nSPS) is 11.6. The van der Waals surface area contributed by atoms with E-state index in [0.29, 0.717) is 6.42 Å². The third kappa shape index (κ3) is 6.20. The van der Waals surface area contributed by atoms with Gasteiger partial charge in [-0.3, -0.25) is 4.79 Å². The van der Waals surface area contributed by atoms with Crippen LogP contribution < -0.4 is 0 Å². The molecule has 0 fully saturated rings. The molecule has 0 N–H and O–H groups in total. The van der Waals surface area contributed by atoms with E-state index in [2.05, 4.69) is 35.9 Å². The average Bonchev–Trinajstić information content (AvgIpc) is 2.42. The SMILES string of the molecule is CCC/C=C(\CCC)CCC(=O)c1ccc(Br)cc1. The second kappa shape index (κ2) is 9.08. The molecule has 0 amide bonds. The van der Waals surface area contributed by atoms with E-state index >= 15 is 0 Å². The van der Waals surface area contributed by atoms with E-state index in [1.165, 1.54) is 12.0 Å². The van der Waals surface area contributed by atoms with Gasteiger partial charge in [-0.05, 0) is 31.4 Å². The number of carbonyl (C=O) groups excluding carboxylic acids is 1. The molecule has 0 saturated carbocycles. The van der Waals surface area contributed by atoms with E-state index in [0.717, 1.165) is 35.7 Å². The average molecular weight is 323 g/mol. The molecule has 0 bridgehead atoms. The summed E-state index contributed by atoms with van der Waals surface area (Å²) in [6.07, 6.45) is 8.42. The Bertz CT molecular complexity index is 417. The number of carbonyl (C=O) groups is 1. The van der Waals surface area contributed by atoms with Gasteiger partial charge in [0.2, 0.25) is 0 Å². The number of unbranched alkanes of at least 4 members (excludes halogenated alkanes) is 1. The zero-order valence-electron chi connectivity index (χ0n) is 11.9. The van der Waals surface area contributed by atoms with Crippen LogP contribution in [-0.4, -0.2) is 5.78 Å². The Morgan fingerprint density at radius 2 is 1.74 bits per heavy atom. The molecule has 104 valence electrons. The Balaban J connectivity index is 2.54. The van der Waals surface area contributed by atoms with Gasteiger partial charge in [-0.25, -0.2) is 0 Å². The van der Waals surface area contributed by atoms with Crippen LogP contribution in [0.1, 0.15) is 62.7 Å². The first-order chi connectivity index (χ1) is 9.17. The van der Waals surface area contributed by atoms with E-state index in [-0.39, 0.29) is 5.78 Å². The third-order valence-corrected chi connectivity index (χ3v) is 3.66. The summed E-state index contributed by atoms with van der Waals surface area (Å²) in [4.78, 5) is 12.1. The second-order valence-corrected chi connectivity index (χ2v) is 5.75. The van der Waals surface area contributed by atoms with Crippen molar-refractivity contribution < 1.29 is 4.79 Å². The molecule has 0 atom stereocenters. The highest BCUT2D eigenvalue weighted by atomic mass is 79.9. The van der Waals surface area contributed by atoms with E-state index in [1.54, 1.807) is 0 Å². The molecule has 0 aliphatic rings. The Morgan fingerprint density at radius 3 is 2.32 bits per heavy atom. The van der Waals surface area contributed by atoms with Crippen LogP contribution in [0.5, 0.6) is 0 Å². The summed E-state index contributed by atoms with van der Waals surface area (Å²) in [5, 5.41) is 0. The molecule has 0 radical (unpaired) electrons. The molecule has 0 spiro atoms. The van der Waals surface area contributed by atoms with Crippen molar-refractivity contribution in [1.82, 2.24) is 0 Å². The maximum Gasteiger partial charge on any atom is 0.163 e. The molecular weight excluding hydrogens is 300 g/mol. The maximum absolute atomic E-state index is 12.1. The molecule has 2 heteroatoms. The van der Waals surface area contributed by atoms with Crippen molar-refractivity contribution >= 4 is 21.7 Å². The zero-order chi connectivity index (χ0) is 14.1. The molecule has 19 heavy (non-hydrogen) atoms. The number of Topliss-reactive ketones (excluding diaryl/α,β-unsaturated/α-hetero) is 1. The van der Waals surface area contributed by atoms with Crippen molar-refractivity contribution in [3.05, 3.63) is 46.0 Å². The molecule has 0 unspecified atom stereocenters. The summed E-state index contributed by atoms with van der Waals surface area (Å²) >= 11 is 3.39. The minimum absolute atomic E-state index is 0.242. The Kier molecular flexibility index (Phi) is 7.73. The van der Waals surface area contributed by atoms with Crippen LogP contribution in [0.3, 0.4) is 0 Å². The van der Waals surface area contributed by atoms with Crippen molar-refractivity contribution in [3.63, 3.8) is 0 Å². The Hall–Kier alpha value is -0.890. The number of rotatable bonds is 8. The predicted octanol–water partition coefficient (Wildman–Crippen LogP) is 5.94. The number of hydrogen-bond acceptors (Lipinski definition) is 1. The number of hydrogen-bond donors (Lipinski definition) is 0. The molecule has 1 aromatic carbocycles. The summed E-state index contributed by atoms with van der Waals surface area (Å²) in [6.45, 7) is 4.38. The molecular formula is C17H23BrO. The number of ketones is 1. The lowest BCUT2D eigenvalue weighted by molar-refractivity contribution is 0.0982.